The van der Waals surface area contributed by atoms with Crippen molar-refractivity contribution in [2.24, 2.45) is 0 Å². The van der Waals surface area contributed by atoms with Crippen molar-refractivity contribution < 1.29 is 32.0 Å². The fourth-order valence-corrected chi connectivity index (χ4v) is 4.53. The summed E-state index contributed by atoms with van der Waals surface area (Å²) in [5.41, 5.74) is 0.932. The molecular weight excluding hydrogens is 469 g/mol. The predicted molar refractivity (Wildman–Crippen MR) is 121 cm³/mol. The molecule has 2 aromatic carbocycles. The zero-order valence-corrected chi connectivity index (χ0v) is 18.9. The van der Waals surface area contributed by atoms with Gasteiger partial charge in [0.25, 0.3) is 0 Å². The largest absolute Gasteiger partial charge is 0.481 e. The van der Waals surface area contributed by atoms with Gasteiger partial charge in [0.15, 0.2) is 6.61 Å². The fourth-order valence-electron chi connectivity index (χ4n) is 3.40. The Bertz CT molecular complexity index is 1220. The maximum absolute atomic E-state index is 13.2. The van der Waals surface area contributed by atoms with E-state index in [9.17, 15) is 22.2 Å². The number of carboxylic acids is 1. The summed E-state index contributed by atoms with van der Waals surface area (Å²) < 4.78 is 59.5. The van der Waals surface area contributed by atoms with E-state index in [1.54, 1.807) is 35.6 Å². The van der Waals surface area contributed by atoms with Crippen LogP contribution in [0.5, 0.6) is 5.75 Å². The van der Waals surface area contributed by atoms with Crippen molar-refractivity contribution in [1.29, 1.82) is 5.26 Å². The molecule has 1 aliphatic carbocycles. The number of allylic oxidation sites excluding steroid dienone is 4. The van der Waals surface area contributed by atoms with Crippen LogP contribution in [-0.4, -0.2) is 33.2 Å². The molecule has 1 N–H and O–H groups in total. The first-order valence-electron chi connectivity index (χ1n) is 10.2. The molecule has 6 nitrogen and oxygen atoms in total. The molecule has 34 heavy (non-hydrogen) atoms. The minimum atomic E-state index is -4.54. The highest BCUT2D eigenvalue weighted by Gasteiger charge is 2.30. The van der Waals surface area contributed by atoms with Gasteiger partial charge < -0.3 is 9.84 Å². The Labute approximate surface area is 197 Å². The van der Waals surface area contributed by atoms with Gasteiger partial charge >= 0.3 is 12.1 Å². The van der Waals surface area contributed by atoms with E-state index in [2.05, 4.69) is 6.07 Å². The number of carboxylic acid groups (broad SMARTS) is 1. The molecule has 2 aromatic rings. The van der Waals surface area contributed by atoms with Crippen molar-refractivity contribution in [1.82, 2.24) is 4.31 Å². The second-order valence-electron chi connectivity index (χ2n) is 7.56. The lowest BCUT2D eigenvalue weighted by atomic mass is 9.99. The van der Waals surface area contributed by atoms with E-state index in [4.69, 9.17) is 15.1 Å². The summed E-state index contributed by atoms with van der Waals surface area (Å²) in [6.07, 6.45) is -0.220. The Morgan fingerprint density at radius 3 is 2.59 bits per heavy atom. The smallest absolute Gasteiger partial charge is 0.416 e. The van der Waals surface area contributed by atoms with E-state index in [0.29, 0.717) is 34.4 Å². The predicted octanol–water partition coefficient (Wildman–Crippen LogP) is 5.06. The van der Waals surface area contributed by atoms with Crippen LogP contribution < -0.4 is 4.74 Å². The van der Waals surface area contributed by atoms with Gasteiger partial charge in [-0.05, 0) is 60.4 Å². The zero-order chi connectivity index (χ0) is 24.9. The standard InChI is InChI=1S/C24H21F3N2O4S/c1-29(34(32)20-8-5-16(13-28)6-9-20)14-17-7-10-22(33-15-23(30)31)21(11-17)18-3-2-4-19(12-18)24(25,26)27/h2-5,7-8,10-12H,6,9,14-15H2,1H3,(H,30,31). The van der Waals surface area contributed by atoms with Crippen LogP contribution in [0.4, 0.5) is 13.2 Å². The first-order chi connectivity index (χ1) is 16.1. The highest BCUT2D eigenvalue weighted by Crippen LogP contribution is 2.36. The van der Waals surface area contributed by atoms with Gasteiger partial charge in [0.05, 0.1) is 11.6 Å². The van der Waals surface area contributed by atoms with E-state index in [0.717, 1.165) is 12.1 Å². The van der Waals surface area contributed by atoms with Crippen LogP contribution >= 0.6 is 0 Å². The number of carbonyl (C=O) groups is 1. The maximum Gasteiger partial charge on any atom is 0.416 e. The first kappa shape index (κ1) is 25.2. The van der Waals surface area contributed by atoms with Gasteiger partial charge in [-0.3, -0.25) is 0 Å². The monoisotopic (exact) mass is 490 g/mol. The van der Waals surface area contributed by atoms with Gasteiger partial charge in [-0.25, -0.2) is 13.3 Å². The SMILES string of the molecule is CN(Cc1ccc(OCC(=O)O)c(-c2cccc(C(F)(F)F)c2)c1)S(=O)C1=CC=C(C#N)CC1. The maximum atomic E-state index is 13.2. The molecule has 3 rings (SSSR count). The van der Waals surface area contributed by atoms with Crippen LogP contribution in [0.25, 0.3) is 11.1 Å². The van der Waals surface area contributed by atoms with Gasteiger partial charge in [0.2, 0.25) is 0 Å². The van der Waals surface area contributed by atoms with Crippen LogP contribution in [-0.2, 0) is 28.5 Å². The van der Waals surface area contributed by atoms with Crippen LogP contribution in [0.1, 0.15) is 24.0 Å². The summed E-state index contributed by atoms with van der Waals surface area (Å²) in [4.78, 5) is 11.6. The van der Waals surface area contributed by atoms with E-state index < -0.39 is 35.3 Å². The summed E-state index contributed by atoms with van der Waals surface area (Å²) in [7, 11) is 0.185. The number of nitrogens with zero attached hydrogens (tertiary/aromatic N) is 2. The summed E-state index contributed by atoms with van der Waals surface area (Å²) in [6.45, 7) is -0.439. The Balaban J connectivity index is 1.91. The summed E-state index contributed by atoms with van der Waals surface area (Å²) in [5, 5.41) is 17.9. The van der Waals surface area contributed by atoms with Crippen LogP contribution in [0.15, 0.2) is 65.1 Å². The number of hydrogen-bond donors (Lipinski definition) is 1. The number of aliphatic carboxylic acids is 1. The average molecular weight is 491 g/mol. The quantitative estimate of drug-likeness (QED) is 0.559. The van der Waals surface area contributed by atoms with Gasteiger partial charge in [-0.15, -0.1) is 0 Å². The summed E-state index contributed by atoms with van der Waals surface area (Å²) in [6, 6.07) is 11.5. The number of alkyl halides is 3. The lowest BCUT2D eigenvalue weighted by Crippen LogP contribution is -2.22. The highest BCUT2D eigenvalue weighted by atomic mass is 32.2. The summed E-state index contributed by atoms with van der Waals surface area (Å²) in [5.74, 6) is -1.10. The Kier molecular flexibility index (Phi) is 7.91. The van der Waals surface area contributed by atoms with Crippen molar-refractivity contribution in [3.8, 4) is 22.9 Å². The van der Waals surface area contributed by atoms with Gasteiger partial charge in [0.1, 0.15) is 16.7 Å². The minimum Gasteiger partial charge on any atom is -0.481 e. The second kappa shape index (κ2) is 10.7. The molecule has 0 saturated heterocycles. The van der Waals surface area contributed by atoms with Crippen molar-refractivity contribution >= 4 is 17.0 Å². The topological polar surface area (TPSA) is 90.6 Å². The molecule has 0 aromatic heterocycles. The van der Waals surface area contributed by atoms with E-state index in [1.165, 1.54) is 18.2 Å². The molecule has 0 bridgehead atoms. The third kappa shape index (κ3) is 6.34. The van der Waals surface area contributed by atoms with E-state index in [-0.39, 0.29) is 17.9 Å². The molecule has 0 aliphatic heterocycles. The normalized spacial score (nSPS) is 14.7. The molecule has 0 fully saturated rings. The molecule has 0 spiro atoms. The number of nitriles is 1. The molecule has 1 unspecified atom stereocenters. The lowest BCUT2D eigenvalue weighted by Gasteiger charge is -2.20. The Morgan fingerprint density at radius 1 is 1.21 bits per heavy atom. The molecule has 10 heteroatoms. The Hall–Kier alpha value is -3.42. The minimum absolute atomic E-state index is 0.124. The van der Waals surface area contributed by atoms with E-state index >= 15 is 0 Å². The summed E-state index contributed by atoms with van der Waals surface area (Å²) >= 11 is 0. The van der Waals surface area contributed by atoms with Crippen LogP contribution in [0.2, 0.25) is 0 Å². The van der Waals surface area contributed by atoms with E-state index in [1.807, 2.05) is 0 Å². The molecule has 0 heterocycles. The van der Waals surface area contributed by atoms with Crippen molar-refractivity contribution in [3.05, 3.63) is 76.2 Å². The van der Waals surface area contributed by atoms with Gasteiger partial charge in [-0.1, -0.05) is 18.2 Å². The molecule has 1 aliphatic rings. The van der Waals surface area contributed by atoms with Crippen LogP contribution in [0, 0.1) is 11.3 Å². The number of benzene rings is 2. The molecule has 0 radical (unpaired) electrons. The molecular formula is C24H21F3N2O4S. The molecule has 0 saturated carbocycles. The fraction of sp³-hybridized carbons (Fsp3) is 0.250. The lowest BCUT2D eigenvalue weighted by molar-refractivity contribution is -0.139. The van der Waals surface area contributed by atoms with Gasteiger partial charge in [0, 0.05) is 29.6 Å². The van der Waals surface area contributed by atoms with Crippen molar-refractivity contribution in [2.45, 2.75) is 25.6 Å². The van der Waals surface area contributed by atoms with Crippen molar-refractivity contribution in [3.63, 3.8) is 0 Å². The Morgan fingerprint density at radius 2 is 1.97 bits per heavy atom. The number of ether oxygens (including phenoxy) is 1. The highest BCUT2D eigenvalue weighted by molar-refractivity contribution is 7.86. The zero-order valence-electron chi connectivity index (χ0n) is 18.1. The van der Waals surface area contributed by atoms with Crippen LogP contribution in [0.3, 0.4) is 0 Å². The van der Waals surface area contributed by atoms with Gasteiger partial charge in [-0.2, -0.15) is 18.4 Å². The first-order valence-corrected chi connectivity index (χ1v) is 11.3. The average Bonchev–Trinajstić information content (AvgIpc) is 2.82. The third-order valence-electron chi connectivity index (χ3n) is 5.06. The third-order valence-corrected chi connectivity index (χ3v) is 6.55. The molecule has 1 atom stereocenters. The molecule has 178 valence electrons. The second-order valence-corrected chi connectivity index (χ2v) is 9.21. The number of rotatable bonds is 8. The number of halogens is 3. The molecule has 0 amide bonds. The number of hydrogen-bond acceptors (Lipinski definition) is 4. The van der Waals surface area contributed by atoms with Crippen molar-refractivity contribution in [2.75, 3.05) is 13.7 Å².